The van der Waals surface area contributed by atoms with Gasteiger partial charge in [0.1, 0.15) is 6.07 Å². The van der Waals surface area contributed by atoms with E-state index in [1.165, 1.54) is 6.07 Å². The van der Waals surface area contributed by atoms with Gasteiger partial charge in [-0.25, -0.2) is 4.98 Å². The predicted octanol–water partition coefficient (Wildman–Crippen LogP) is 3.10. The summed E-state index contributed by atoms with van der Waals surface area (Å²) in [5.41, 5.74) is -1.69. The molecule has 0 unspecified atom stereocenters. The molecule has 5 nitrogen and oxygen atoms in total. The summed E-state index contributed by atoms with van der Waals surface area (Å²) in [6, 6.07) is 10.2. The van der Waals surface area contributed by atoms with Gasteiger partial charge in [0, 0.05) is 5.56 Å². The van der Waals surface area contributed by atoms with Crippen molar-refractivity contribution in [2.24, 2.45) is 0 Å². The van der Waals surface area contributed by atoms with Crippen molar-refractivity contribution in [3.63, 3.8) is 0 Å². The molecule has 0 aliphatic rings. The molecule has 2 N–H and O–H groups in total. The number of hydrogen-bond acceptors (Lipinski definition) is 4. The van der Waals surface area contributed by atoms with Crippen molar-refractivity contribution in [2.75, 3.05) is 5.32 Å². The molecule has 0 fully saturated rings. The Morgan fingerprint density at radius 3 is 2.50 bits per heavy atom. The van der Waals surface area contributed by atoms with Gasteiger partial charge in [-0.05, 0) is 30.4 Å². The Balaban J connectivity index is 2.12. The first-order valence-corrected chi connectivity index (χ1v) is 6.87. The number of alkyl halides is 3. The molecule has 1 aromatic heterocycles. The third kappa shape index (κ3) is 4.27. The molecular formula is C15H9F3N4OS. The molecule has 0 spiro atoms. The average molecular weight is 350 g/mol. The van der Waals surface area contributed by atoms with Gasteiger partial charge < -0.3 is 5.32 Å². The minimum absolute atomic E-state index is 0.0975. The molecule has 0 saturated heterocycles. The molecule has 2 rings (SSSR count). The van der Waals surface area contributed by atoms with E-state index in [4.69, 9.17) is 17.5 Å². The minimum atomic E-state index is -4.73. The number of anilines is 1. The third-order valence-electron chi connectivity index (χ3n) is 2.82. The number of thiocarbonyl (C=S) groups is 1. The van der Waals surface area contributed by atoms with Crippen LogP contribution in [0.25, 0.3) is 0 Å². The lowest BCUT2D eigenvalue weighted by molar-refractivity contribution is -0.138. The standard InChI is InChI=1S/C15H9F3N4OS/c16-15(17,18)11-6-10(8-20-12(11)7-19)21-14(24)22-13(23)9-4-2-1-3-5-9/h1-6,8H,(H2,21,22,23,24). The smallest absolute Gasteiger partial charge is 0.331 e. The Morgan fingerprint density at radius 2 is 1.92 bits per heavy atom. The quantitative estimate of drug-likeness (QED) is 0.814. The van der Waals surface area contributed by atoms with Crippen LogP contribution in [0, 0.1) is 11.3 Å². The Labute approximate surface area is 140 Å². The molecule has 1 aromatic carbocycles. The topological polar surface area (TPSA) is 77.8 Å². The summed E-state index contributed by atoms with van der Waals surface area (Å²) in [4.78, 5) is 15.3. The van der Waals surface area contributed by atoms with Crippen molar-refractivity contribution >= 4 is 28.9 Å². The second kappa shape index (κ2) is 7.06. The highest BCUT2D eigenvalue weighted by Gasteiger charge is 2.34. The van der Waals surface area contributed by atoms with Crippen molar-refractivity contribution in [2.45, 2.75) is 6.18 Å². The van der Waals surface area contributed by atoms with Crippen LogP contribution in [0.5, 0.6) is 0 Å². The van der Waals surface area contributed by atoms with Gasteiger partial charge in [-0.15, -0.1) is 0 Å². The van der Waals surface area contributed by atoms with E-state index in [1.54, 1.807) is 30.3 Å². The number of carbonyl (C=O) groups excluding carboxylic acids is 1. The van der Waals surface area contributed by atoms with Crippen LogP contribution in [0.4, 0.5) is 18.9 Å². The zero-order chi connectivity index (χ0) is 17.7. The van der Waals surface area contributed by atoms with E-state index in [-0.39, 0.29) is 10.8 Å². The van der Waals surface area contributed by atoms with Crippen LogP contribution in [-0.2, 0) is 6.18 Å². The van der Waals surface area contributed by atoms with Gasteiger partial charge in [-0.2, -0.15) is 18.4 Å². The van der Waals surface area contributed by atoms with Crippen LogP contribution in [0.3, 0.4) is 0 Å². The number of nitriles is 1. The van der Waals surface area contributed by atoms with Crippen molar-refractivity contribution in [3.8, 4) is 6.07 Å². The molecule has 0 aliphatic heterocycles. The Bertz CT molecular complexity index is 816. The van der Waals surface area contributed by atoms with Crippen molar-refractivity contribution in [1.29, 1.82) is 5.26 Å². The second-order valence-corrected chi connectivity index (χ2v) is 4.91. The summed E-state index contributed by atoms with van der Waals surface area (Å²) < 4.78 is 38.6. The van der Waals surface area contributed by atoms with Crippen LogP contribution < -0.4 is 10.6 Å². The molecule has 24 heavy (non-hydrogen) atoms. The molecule has 1 amide bonds. The average Bonchev–Trinajstić information content (AvgIpc) is 2.54. The number of amides is 1. The number of hydrogen-bond donors (Lipinski definition) is 2. The van der Waals surface area contributed by atoms with Crippen LogP contribution in [-0.4, -0.2) is 16.0 Å². The molecule has 9 heteroatoms. The van der Waals surface area contributed by atoms with Gasteiger partial charge in [0.25, 0.3) is 5.91 Å². The molecule has 2 aromatic rings. The Hall–Kier alpha value is -2.99. The fourth-order valence-corrected chi connectivity index (χ4v) is 1.98. The van der Waals surface area contributed by atoms with Crippen molar-refractivity contribution in [1.82, 2.24) is 10.3 Å². The number of aromatic nitrogens is 1. The fourth-order valence-electron chi connectivity index (χ4n) is 1.77. The molecule has 0 aliphatic carbocycles. The van der Waals surface area contributed by atoms with Gasteiger partial charge in [-0.1, -0.05) is 18.2 Å². The summed E-state index contributed by atoms with van der Waals surface area (Å²) in [6.45, 7) is 0. The number of nitrogens with one attached hydrogen (secondary N) is 2. The first kappa shape index (κ1) is 17.4. The van der Waals surface area contributed by atoms with Gasteiger partial charge in [0.15, 0.2) is 10.8 Å². The lowest BCUT2D eigenvalue weighted by Gasteiger charge is -2.12. The van der Waals surface area contributed by atoms with Crippen molar-refractivity contribution in [3.05, 3.63) is 59.4 Å². The first-order valence-electron chi connectivity index (χ1n) is 6.46. The van der Waals surface area contributed by atoms with Gasteiger partial charge in [-0.3, -0.25) is 10.1 Å². The van der Waals surface area contributed by atoms with E-state index >= 15 is 0 Å². The monoisotopic (exact) mass is 350 g/mol. The number of rotatable bonds is 2. The lowest BCUT2D eigenvalue weighted by Crippen LogP contribution is -2.34. The molecule has 0 bridgehead atoms. The molecule has 0 radical (unpaired) electrons. The number of benzene rings is 1. The maximum absolute atomic E-state index is 12.9. The first-order chi connectivity index (χ1) is 11.3. The Morgan fingerprint density at radius 1 is 1.25 bits per heavy atom. The number of pyridine rings is 1. The van der Waals surface area contributed by atoms with E-state index in [9.17, 15) is 18.0 Å². The van der Waals surface area contributed by atoms with E-state index in [2.05, 4.69) is 15.6 Å². The fraction of sp³-hybridized carbons (Fsp3) is 0.0667. The highest BCUT2D eigenvalue weighted by Crippen LogP contribution is 2.32. The van der Waals surface area contributed by atoms with Crippen LogP contribution in [0.1, 0.15) is 21.6 Å². The highest BCUT2D eigenvalue weighted by molar-refractivity contribution is 7.80. The van der Waals surface area contributed by atoms with E-state index in [0.29, 0.717) is 11.6 Å². The highest BCUT2D eigenvalue weighted by atomic mass is 32.1. The summed E-state index contributed by atoms with van der Waals surface area (Å²) in [5.74, 6) is -0.509. The van der Waals surface area contributed by atoms with E-state index < -0.39 is 23.3 Å². The number of carbonyl (C=O) groups is 1. The van der Waals surface area contributed by atoms with Crippen LogP contribution in [0.2, 0.25) is 0 Å². The summed E-state index contributed by atoms with van der Waals surface area (Å²) in [6.07, 6.45) is -3.71. The minimum Gasteiger partial charge on any atom is -0.331 e. The maximum Gasteiger partial charge on any atom is 0.419 e. The normalized spacial score (nSPS) is 10.6. The van der Waals surface area contributed by atoms with Gasteiger partial charge in [0.2, 0.25) is 0 Å². The molecule has 122 valence electrons. The van der Waals surface area contributed by atoms with Gasteiger partial charge >= 0.3 is 6.18 Å². The Kier molecular flexibility index (Phi) is 5.11. The van der Waals surface area contributed by atoms with Gasteiger partial charge in [0.05, 0.1) is 17.4 Å². The zero-order valence-electron chi connectivity index (χ0n) is 11.9. The lowest BCUT2D eigenvalue weighted by atomic mass is 10.2. The molecular weight excluding hydrogens is 341 g/mol. The molecule has 1 heterocycles. The van der Waals surface area contributed by atoms with Crippen LogP contribution in [0.15, 0.2) is 42.6 Å². The summed E-state index contributed by atoms with van der Waals surface area (Å²) in [5, 5.41) is 13.3. The van der Waals surface area contributed by atoms with Crippen molar-refractivity contribution < 1.29 is 18.0 Å². The number of nitrogens with zero attached hydrogens (tertiary/aromatic N) is 2. The SMILES string of the molecule is N#Cc1ncc(NC(=S)NC(=O)c2ccccc2)cc1C(F)(F)F. The van der Waals surface area contributed by atoms with E-state index in [1.807, 2.05) is 0 Å². The maximum atomic E-state index is 12.9. The molecule has 0 saturated carbocycles. The van der Waals surface area contributed by atoms with Crippen LogP contribution >= 0.6 is 12.2 Å². The third-order valence-corrected chi connectivity index (χ3v) is 3.02. The summed E-state index contributed by atoms with van der Waals surface area (Å²) >= 11 is 4.89. The number of halogens is 3. The molecule has 0 atom stereocenters. The van der Waals surface area contributed by atoms with E-state index in [0.717, 1.165) is 6.20 Å². The summed E-state index contributed by atoms with van der Waals surface area (Å²) in [7, 11) is 0. The zero-order valence-corrected chi connectivity index (χ0v) is 12.7. The largest absolute Gasteiger partial charge is 0.419 e. The predicted molar refractivity (Wildman–Crippen MR) is 84.1 cm³/mol. The second-order valence-electron chi connectivity index (χ2n) is 4.50.